The number of para-hydroxylation sites is 1. The molecular formula is C17H19NO4S. The molecule has 1 N–H and O–H groups in total. The van der Waals surface area contributed by atoms with Gasteiger partial charge in [0.2, 0.25) is 0 Å². The summed E-state index contributed by atoms with van der Waals surface area (Å²) in [6, 6.07) is 13.6. The van der Waals surface area contributed by atoms with Crippen molar-refractivity contribution >= 4 is 21.4 Å². The highest BCUT2D eigenvalue weighted by Gasteiger charge is 2.19. The molecule has 0 radical (unpaired) electrons. The van der Waals surface area contributed by atoms with Gasteiger partial charge in [-0.05, 0) is 38.1 Å². The summed E-state index contributed by atoms with van der Waals surface area (Å²) < 4.78 is 29.1. The maximum Gasteiger partial charge on any atom is 0.265 e. The number of benzene rings is 2. The van der Waals surface area contributed by atoms with Crippen LogP contribution >= 0.6 is 0 Å². The molecule has 0 heterocycles. The van der Waals surface area contributed by atoms with E-state index in [1.165, 1.54) is 6.07 Å². The molecule has 2 rings (SSSR count). The standard InChI is InChI=1S/C17H19NO4S/c1-12-8-10-14(11-9-12)22-13(2)17(19)18-15-6-4-5-7-16(15)23(3,20)21/h4-11,13H,1-3H3,(H,18,19)/t13-/m0/s1. The maximum atomic E-state index is 12.2. The number of anilines is 1. The van der Waals surface area contributed by atoms with E-state index in [9.17, 15) is 13.2 Å². The molecule has 1 atom stereocenters. The first kappa shape index (κ1) is 17.0. The average molecular weight is 333 g/mol. The zero-order chi connectivity index (χ0) is 17.0. The van der Waals surface area contributed by atoms with Gasteiger partial charge < -0.3 is 10.1 Å². The van der Waals surface area contributed by atoms with Crippen LogP contribution in [-0.2, 0) is 14.6 Å². The van der Waals surface area contributed by atoms with E-state index in [0.717, 1.165) is 11.8 Å². The van der Waals surface area contributed by atoms with Crippen molar-refractivity contribution in [2.45, 2.75) is 24.8 Å². The highest BCUT2D eigenvalue weighted by molar-refractivity contribution is 7.90. The first-order valence-electron chi connectivity index (χ1n) is 7.10. The molecule has 2 aromatic rings. The summed E-state index contributed by atoms with van der Waals surface area (Å²) in [6.07, 6.45) is 0.342. The largest absolute Gasteiger partial charge is 0.481 e. The van der Waals surface area contributed by atoms with Crippen LogP contribution in [0.1, 0.15) is 12.5 Å². The molecule has 23 heavy (non-hydrogen) atoms. The predicted octanol–water partition coefficient (Wildman–Crippen LogP) is 2.80. The minimum atomic E-state index is -3.42. The molecule has 0 spiro atoms. The number of hydrogen-bond acceptors (Lipinski definition) is 4. The molecule has 5 nitrogen and oxygen atoms in total. The van der Waals surface area contributed by atoms with Crippen LogP contribution in [0.25, 0.3) is 0 Å². The van der Waals surface area contributed by atoms with Gasteiger partial charge in [-0.3, -0.25) is 4.79 Å². The summed E-state index contributed by atoms with van der Waals surface area (Å²) in [5.41, 5.74) is 1.34. The number of amides is 1. The van der Waals surface area contributed by atoms with Crippen LogP contribution in [0, 0.1) is 6.92 Å². The topological polar surface area (TPSA) is 72.5 Å². The second kappa shape index (κ2) is 6.83. The number of carbonyl (C=O) groups excluding carboxylic acids is 1. The van der Waals surface area contributed by atoms with Gasteiger partial charge in [-0.25, -0.2) is 8.42 Å². The smallest absolute Gasteiger partial charge is 0.265 e. The van der Waals surface area contributed by atoms with Crippen molar-refractivity contribution in [3.8, 4) is 5.75 Å². The number of ether oxygens (including phenoxy) is 1. The minimum absolute atomic E-state index is 0.0795. The zero-order valence-corrected chi connectivity index (χ0v) is 14.1. The second-order valence-electron chi connectivity index (χ2n) is 5.33. The monoisotopic (exact) mass is 333 g/mol. The molecule has 122 valence electrons. The molecule has 0 aliphatic rings. The Hall–Kier alpha value is -2.34. The first-order chi connectivity index (χ1) is 10.8. The lowest BCUT2D eigenvalue weighted by molar-refractivity contribution is -0.122. The van der Waals surface area contributed by atoms with E-state index >= 15 is 0 Å². The van der Waals surface area contributed by atoms with Gasteiger partial charge in [-0.1, -0.05) is 29.8 Å². The number of nitrogens with one attached hydrogen (secondary N) is 1. The maximum absolute atomic E-state index is 12.2. The quantitative estimate of drug-likeness (QED) is 0.913. The lowest BCUT2D eigenvalue weighted by atomic mass is 10.2. The van der Waals surface area contributed by atoms with Crippen LogP contribution < -0.4 is 10.1 Å². The van der Waals surface area contributed by atoms with Crippen LogP contribution in [0.3, 0.4) is 0 Å². The molecule has 0 saturated carbocycles. The van der Waals surface area contributed by atoms with Crippen molar-refractivity contribution in [3.05, 3.63) is 54.1 Å². The molecule has 1 amide bonds. The lowest BCUT2D eigenvalue weighted by Gasteiger charge is -2.16. The van der Waals surface area contributed by atoms with E-state index in [1.807, 2.05) is 19.1 Å². The van der Waals surface area contributed by atoms with Gasteiger partial charge in [0.15, 0.2) is 15.9 Å². The molecule has 6 heteroatoms. The highest BCUT2D eigenvalue weighted by Crippen LogP contribution is 2.21. The molecule has 0 aliphatic carbocycles. The van der Waals surface area contributed by atoms with Gasteiger partial charge in [0, 0.05) is 6.26 Å². The Morgan fingerprint density at radius 2 is 1.70 bits per heavy atom. The van der Waals surface area contributed by atoms with E-state index in [0.29, 0.717) is 5.75 Å². The van der Waals surface area contributed by atoms with Crippen LogP contribution in [0.15, 0.2) is 53.4 Å². The van der Waals surface area contributed by atoms with E-state index in [4.69, 9.17) is 4.74 Å². The van der Waals surface area contributed by atoms with Gasteiger partial charge in [-0.15, -0.1) is 0 Å². The second-order valence-corrected chi connectivity index (χ2v) is 7.31. The van der Waals surface area contributed by atoms with Crippen LogP contribution in [0.4, 0.5) is 5.69 Å². The van der Waals surface area contributed by atoms with Gasteiger partial charge >= 0.3 is 0 Å². The predicted molar refractivity (Wildman–Crippen MR) is 89.5 cm³/mol. The van der Waals surface area contributed by atoms with Crippen LogP contribution in [0.2, 0.25) is 0 Å². The number of aryl methyl sites for hydroxylation is 1. The third-order valence-electron chi connectivity index (χ3n) is 3.25. The molecule has 0 unspecified atom stereocenters. The molecule has 2 aromatic carbocycles. The number of rotatable bonds is 5. The van der Waals surface area contributed by atoms with Crippen molar-refractivity contribution in [2.75, 3.05) is 11.6 Å². The third-order valence-corrected chi connectivity index (χ3v) is 4.40. The van der Waals surface area contributed by atoms with E-state index in [2.05, 4.69) is 5.32 Å². The summed E-state index contributed by atoms with van der Waals surface area (Å²) in [6.45, 7) is 3.57. The fourth-order valence-corrected chi connectivity index (χ4v) is 2.85. The van der Waals surface area contributed by atoms with Crippen LogP contribution in [-0.4, -0.2) is 26.7 Å². The number of carbonyl (C=O) groups is 1. The van der Waals surface area contributed by atoms with E-state index in [1.54, 1.807) is 37.3 Å². The van der Waals surface area contributed by atoms with Gasteiger partial charge in [0.25, 0.3) is 5.91 Å². The van der Waals surface area contributed by atoms with Crippen molar-refractivity contribution in [2.24, 2.45) is 0 Å². The Bertz CT molecular complexity index is 798. The van der Waals surface area contributed by atoms with Gasteiger partial charge in [0.1, 0.15) is 5.75 Å². The minimum Gasteiger partial charge on any atom is -0.481 e. The highest BCUT2D eigenvalue weighted by atomic mass is 32.2. The molecule has 0 bridgehead atoms. The SMILES string of the molecule is Cc1ccc(O[C@@H](C)C(=O)Nc2ccccc2S(C)(=O)=O)cc1. The van der Waals surface area contributed by atoms with Crippen LogP contribution in [0.5, 0.6) is 5.75 Å². The first-order valence-corrected chi connectivity index (χ1v) is 9.00. The normalized spacial score (nSPS) is 12.5. The summed E-state index contributed by atoms with van der Waals surface area (Å²) in [4.78, 5) is 12.3. The van der Waals surface area contributed by atoms with Crippen molar-refractivity contribution in [1.29, 1.82) is 0 Å². The summed E-state index contributed by atoms with van der Waals surface area (Å²) in [7, 11) is -3.42. The Morgan fingerprint density at radius 1 is 1.09 bits per heavy atom. The van der Waals surface area contributed by atoms with Crippen molar-refractivity contribution < 1.29 is 17.9 Å². The van der Waals surface area contributed by atoms with E-state index < -0.39 is 21.8 Å². The Morgan fingerprint density at radius 3 is 2.30 bits per heavy atom. The molecule has 0 saturated heterocycles. The summed E-state index contributed by atoms with van der Waals surface area (Å²) in [5, 5.41) is 2.61. The third kappa shape index (κ3) is 4.56. The fourth-order valence-electron chi connectivity index (χ4n) is 2.00. The molecule has 0 fully saturated rings. The number of hydrogen-bond donors (Lipinski definition) is 1. The number of sulfone groups is 1. The van der Waals surface area contributed by atoms with Gasteiger partial charge in [-0.2, -0.15) is 0 Å². The van der Waals surface area contributed by atoms with E-state index in [-0.39, 0.29) is 10.6 Å². The summed E-state index contributed by atoms with van der Waals surface area (Å²) in [5.74, 6) is 0.163. The lowest BCUT2D eigenvalue weighted by Crippen LogP contribution is -2.30. The van der Waals surface area contributed by atoms with Crippen molar-refractivity contribution in [3.63, 3.8) is 0 Å². The van der Waals surface area contributed by atoms with Crippen molar-refractivity contribution in [1.82, 2.24) is 0 Å². The summed E-state index contributed by atoms with van der Waals surface area (Å²) >= 11 is 0. The van der Waals surface area contributed by atoms with Gasteiger partial charge in [0.05, 0.1) is 10.6 Å². The molecule has 0 aromatic heterocycles. The zero-order valence-electron chi connectivity index (χ0n) is 13.2. The molecule has 0 aliphatic heterocycles. The average Bonchev–Trinajstić information content (AvgIpc) is 2.49. The Balaban J connectivity index is 2.11. The molecular weight excluding hydrogens is 314 g/mol. The Kier molecular flexibility index (Phi) is 5.05. The fraction of sp³-hybridized carbons (Fsp3) is 0.235. The Labute approximate surface area is 136 Å².